The van der Waals surface area contributed by atoms with Crippen molar-refractivity contribution >= 4 is 11.6 Å². The van der Waals surface area contributed by atoms with E-state index in [-0.39, 0.29) is 0 Å². The molecular formula is C16H26ClN. The van der Waals surface area contributed by atoms with Gasteiger partial charge in [-0.25, -0.2) is 0 Å². The summed E-state index contributed by atoms with van der Waals surface area (Å²) in [6, 6.07) is 6.69. The van der Waals surface area contributed by atoms with Crippen molar-refractivity contribution in [3.05, 3.63) is 34.3 Å². The zero-order chi connectivity index (χ0) is 13.5. The largest absolute Gasteiger partial charge is 0.310 e. The van der Waals surface area contributed by atoms with Gasteiger partial charge in [0.1, 0.15) is 0 Å². The highest BCUT2D eigenvalue weighted by atomic mass is 35.5. The minimum atomic E-state index is 0.456. The Balaban J connectivity index is 2.86. The van der Waals surface area contributed by atoms with Gasteiger partial charge in [-0.3, -0.25) is 0 Å². The van der Waals surface area contributed by atoms with Gasteiger partial charge in [-0.05, 0) is 55.5 Å². The SMILES string of the molecule is CCCNC(CC(C)CC)c1ccc(Cl)cc1C. The zero-order valence-electron chi connectivity index (χ0n) is 12.1. The molecule has 1 N–H and O–H groups in total. The summed E-state index contributed by atoms with van der Waals surface area (Å²) < 4.78 is 0. The highest BCUT2D eigenvalue weighted by Gasteiger charge is 2.15. The molecule has 0 aliphatic carbocycles. The molecule has 0 spiro atoms. The predicted octanol–water partition coefficient (Wildman–Crippen LogP) is 5.13. The van der Waals surface area contributed by atoms with E-state index in [9.17, 15) is 0 Å². The maximum absolute atomic E-state index is 6.04. The fraction of sp³-hybridized carbons (Fsp3) is 0.625. The van der Waals surface area contributed by atoms with Crippen molar-refractivity contribution in [3.63, 3.8) is 0 Å². The second kappa shape index (κ2) is 7.81. The number of rotatable bonds is 7. The molecule has 0 bridgehead atoms. The molecule has 1 nitrogen and oxygen atoms in total. The number of halogens is 1. The van der Waals surface area contributed by atoms with E-state index in [1.165, 1.54) is 30.4 Å². The third-order valence-electron chi connectivity index (χ3n) is 3.58. The normalized spacial score (nSPS) is 14.5. The van der Waals surface area contributed by atoms with Gasteiger partial charge in [0, 0.05) is 11.1 Å². The molecule has 0 fully saturated rings. The zero-order valence-corrected chi connectivity index (χ0v) is 12.8. The second-order valence-corrected chi connectivity index (χ2v) is 5.69. The Hall–Kier alpha value is -0.530. The molecule has 2 heteroatoms. The molecule has 0 heterocycles. The van der Waals surface area contributed by atoms with E-state index in [1.807, 2.05) is 6.07 Å². The Morgan fingerprint density at radius 3 is 2.56 bits per heavy atom. The first-order valence-corrected chi connectivity index (χ1v) is 7.45. The van der Waals surface area contributed by atoms with Gasteiger partial charge in [-0.15, -0.1) is 0 Å². The molecule has 1 aromatic rings. The van der Waals surface area contributed by atoms with E-state index >= 15 is 0 Å². The minimum absolute atomic E-state index is 0.456. The van der Waals surface area contributed by atoms with Crippen LogP contribution in [0.25, 0.3) is 0 Å². The van der Waals surface area contributed by atoms with Crippen LogP contribution in [0.5, 0.6) is 0 Å². The molecule has 2 atom stereocenters. The quantitative estimate of drug-likeness (QED) is 0.723. The lowest BCUT2D eigenvalue weighted by molar-refractivity contribution is 0.401. The van der Waals surface area contributed by atoms with Gasteiger partial charge in [-0.1, -0.05) is 44.9 Å². The molecular weight excluding hydrogens is 242 g/mol. The van der Waals surface area contributed by atoms with Crippen LogP contribution in [-0.4, -0.2) is 6.54 Å². The Kier molecular flexibility index (Phi) is 6.73. The van der Waals surface area contributed by atoms with Gasteiger partial charge in [0.15, 0.2) is 0 Å². The molecule has 0 aliphatic rings. The van der Waals surface area contributed by atoms with Crippen LogP contribution in [-0.2, 0) is 0 Å². The molecule has 0 radical (unpaired) electrons. The van der Waals surface area contributed by atoms with Crippen LogP contribution in [0.4, 0.5) is 0 Å². The average Bonchev–Trinajstić information content (AvgIpc) is 2.34. The average molecular weight is 268 g/mol. The Bertz CT molecular complexity index is 362. The summed E-state index contributed by atoms with van der Waals surface area (Å²) in [5, 5.41) is 4.50. The van der Waals surface area contributed by atoms with Crippen molar-refractivity contribution in [2.45, 2.75) is 53.0 Å². The van der Waals surface area contributed by atoms with Gasteiger partial charge < -0.3 is 5.32 Å². The Morgan fingerprint density at radius 2 is 2.00 bits per heavy atom. The summed E-state index contributed by atoms with van der Waals surface area (Å²) in [6.45, 7) is 10.0. The summed E-state index contributed by atoms with van der Waals surface area (Å²) in [4.78, 5) is 0. The number of aryl methyl sites for hydroxylation is 1. The van der Waals surface area contributed by atoms with E-state index in [0.29, 0.717) is 6.04 Å². The van der Waals surface area contributed by atoms with Gasteiger partial charge in [0.05, 0.1) is 0 Å². The number of nitrogens with one attached hydrogen (secondary N) is 1. The van der Waals surface area contributed by atoms with E-state index in [0.717, 1.165) is 17.5 Å². The molecule has 1 rings (SSSR count). The third-order valence-corrected chi connectivity index (χ3v) is 3.82. The first-order valence-electron chi connectivity index (χ1n) is 7.07. The van der Waals surface area contributed by atoms with Crippen molar-refractivity contribution in [3.8, 4) is 0 Å². The van der Waals surface area contributed by atoms with Crippen LogP contribution in [0.1, 0.15) is 57.2 Å². The standard InChI is InChI=1S/C16H26ClN/c1-5-9-18-16(10-12(3)6-2)15-8-7-14(17)11-13(15)4/h7-8,11-12,16,18H,5-6,9-10H2,1-4H3. The molecule has 0 saturated carbocycles. The molecule has 0 saturated heterocycles. The molecule has 0 aliphatic heterocycles. The van der Waals surface area contributed by atoms with Gasteiger partial charge in [0.2, 0.25) is 0 Å². The van der Waals surface area contributed by atoms with E-state index in [2.05, 4.69) is 45.1 Å². The van der Waals surface area contributed by atoms with Crippen molar-refractivity contribution < 1.29 is 0 Å². The lowest BCUT2D eigenvalue weighted by atomic mass is 9.92. The summed E-state index contributed by atoms with van der Waals surface area (Å²) in [5.41, 5.74) is 2.69. The van der Waals surface area contributed by atoms with Crippen LogP contribution in [0, 0.1) is 12.8 Å². The topological polar surface area (TPSA) is 12.0 Å². The summed E-state index contributed by atoms with van der Waals surface area (Å²) in [7, 11) is 0. The van der Waals surface area contributed by atoms with Crippen LogP contribution in [0.15, 0.2) is 18.2 Å². The maximum Gasteiger partial charge on any atom is 0.0408 e. The number of hydrogen-bond donors (Lipinski definition) is 1. The first kappa shape index (κ1) is 15.5. The third kappa shape index (κ3) is 4.62. The Morgan fingerprint density at radius 1 is 1.28 bits per heavy atom. The Labute approximate surface area is 117 Å². The minimum Gasteiger partial charge on any atom is -0.310 e. The molecule has 1 aromatic carbocycles. The molecule has 0 amide bonds. The molecule has 2 unspecified atom stereocenters. The van der Waals surface area contributed by atoms with Crippen LogP contribution < -0.4 is 5.32 Å². The summed E-state index contributed by atoms with van der Waals surface area (Å²) >= 11 is 6.04. The highest BCUT2D eigenvalue weighted by Crippen LogP contribution is 2.27. The summed E-state index contributed by atoms with van der Waals surface area (Å²) in [6.07, 6.45) is 3.60. The van der Waals surface area contributed by atoms with Crippen LogP contribution >= 0.6 is 11.6 Å². The second-order valence-electron chi connectivity index (χ2n) is 5.26. The predicted molar refractivity (Wildman–Crippen MR) is 81.3 cm³/mol. The van der Waals surface area contributed by atoms with Crippen LogP contribution in [0.2, 0.25) is 5.02 Å². The van der Waals surface area contributed by atoms with Crippen molar-refractivity contribution in [2.75, 3.05) is 6.54 Å². The van der Waals surface area contributed by atoms with E-state index in [1.54, 1.807) is 0 Å². The summed E-state index contributed by atoms with van der Waals surface area (Å²) in [5.74, 6) is 0.745. The molecule has 18 heavy (non-hydrogen) atoms. The van der Waals surface area contributed by atoms with Crippen LogP contribution in [0.3, 0.4) is 0 Å². The number of benzene rings is 1. The highest BCUT2D eigenvalue weighted by molar-refractivity contribution is 6.30. The van der Waals surface area contributed by atoms with Crippen molar-refractivity contribution in [1.82, 2.24) is 5.32 Å². The fourth-order valence-electron chi connectivity index (χ4n) is 2.24. The van der Waals surface area contributed by atoms with E-state index in [4.69, 9.17) is 11.6 Å². The van der Waals surface area contributed by atoms with Gasteiger partial charge >= 0.3 is 0 Å². The molecule has 0 aromatic heterocycles. The van der Waals surface area contributed by atoms with Gasteiger partial charge in [0.25, 0.3) is 0 Å². The lowest BCUT2D eigenvalue weighted by Crippen LogP contribution is -2.24. The monoisotopic (exact) mass is 267 g/mol. The lowest BCUT2D eigenvalue weighted by Gasteiger charge is -2.24. The van der Waals surface area contributed by atoms with Gasteiger partial charge in [-0.2, -0.15) is 0 Å². The smallest absolute Gasteiger partial charge is 0.0408 e. The maximum atomic E-state index is 6.04. The fourth-order valence-corrected chi connectivity index (χ4v) is 2.46. The van der Waals surface area contributed by atoms with Crippen molar-refractivity contribution in [1.29, 1.82) is 0 Å². The van der Waals surface area contributed by atoms with E-state index < -0.39 is 0 Å². The van der Waals surface area contributed by atoms with Crippen molar-refractivity contribution in [2.24, 2.45) is 5.92 Å². The number of hydrogen-bond acceptors (Lipinski definition) is 1. The first-order chi connectivity index (χ1) is 8.58. The molecule has 102 valence electrons.